The van der Waals surface area contributed by atoms with Gasteiger partial charge in [-0.05, 0) is 25.1 Å². The van der Waals surface area contributed by atoms with E-state index in [0.29, 0.717) is 5.56 Å². The SMILES string of the molecule is CCOC(=O)COc1cc(Cl)nc(-c2ccc(Cl)c(F)c2)n1. The Morgan fingerprint density at radius 2 is 2.05 bits per heavy atom. The van der Waals surface area contributed by atoms with Crippen molar-refractivity contribution in [2.75, 3.05) is 13.2 Å². The van der Waals surface area contributed by atoms with Crippen molar-refractivity contribution in [2.24, 2.45) is 0 Å². The molecule has 0 bridgehead atoms. The molecule has 2 rings (SSSR count). The highest BCUT2D eigenvalue weighted by Gasteiger charge is 2.11. The van der Waals surface area contributed by atoms with Crippen LogP contribution >= 0.6 is 23.2 Å². The summed E-state index contributed by atoms with van der Waals surface area (Å²) >= 11 is 11.5. The maximum absolute atomic E-state index is 13.5. The van der Waals surface area contributed by atoms with Crippen molar-refractivity contribution in [2.45, 2.75) is 6.92 Å². The van der Waals surface area contributed by atoms with E-state index in [1.54, 1.807) is 13.0 Å². The molecule has 0 radical (unpaired) electrons. The first kappa shape index (κ1) is 16.5. The molecule has 0 saturated heterocycles. The number of aromatic nitrogens is 2. The van der Waals surface area contributed by atoms with E-state index < -0.39 is 11.8 Å². The number of benzene rings is 1. The smallest absolute Gasteiger partial charge is 0.344 e. The van der Waals surface area contributed by atoms with Crippen LogP contribution in [0.15, 0.2) is 24.3 Å². The zero-order chi connectivity index (χ0) is 16.1. The molecule has 0 aliphatic heterocycles. The monoisotopic (exact) mass is 344 g/mol. The van der Waals surface area contributed by atoms with Crippen LogP contribution in [0.1, 0.15) is 6.92 Å². The van der Waals surface area contributed by atoms with Crippen LogP contribution in [0.2, 0.25) is 10.2 Å². The van der Waals surface area contributed by atoms with Crippen LogP contribution in [0.3, 0.4) is 0 Å². The first-order valence-electron chi connectivity index (χ1n) is 6.28. The molecule has 2 aromatic rings. The van der Waals surface area contributed by atoms with Crippen molar-refractivity contribution < 1.29 is 18.7 Å². The largest absolute Gasteiger partial charge is 0.466 e. The highest BCUT2D eigenvalue weighted by Crippen LogP contribution is 2.25. The zero-order valence-electron chi connectivity index (χ0n) is 11.5. The molecule has 0 aliphatic rings. The first-order chi connectivity index (χ1) is 10.5. The molecule has 0 unspecified atom stereocenters. The minimum Gasteiger partial charge on any atom is -0.466 e. The quantitative estimate of drug-likeness (QED) is 0.613. The second-order valence-electron chi connectivity index (χ2n) is 4.08. The van der Waals surface area contributed by atoms with E-state index in [1.165, 1.54) is 18.2 Å². The summed E-state index contributed by atoms with van der Waals surface area (Å²) in [6.45, 7) is 1.63. The minimum atomic E-state index is -0.600. The van der Waals surface area contributed by atoms with Crippen molar-refractivity contribution in [3.8, 4) is 17.3 Å². The molecule has 0 saturated carbocycles. The number of nitrogens with zero attached hydrogens (tertiary/aromatic N) is 2. The maximum atomic E-state index is 13.5. The van der Waals surface area contributed by atoms with Crippen LogP contribution in [0, 0.1) is 5.82 Å². The molecule has 0 atom stereocenters. The molecule has 1 aromatic heterocycles. The second-order valence-corrected chi connectivity index (χ2v) is 4.87. The number of hydrogen-bond acceptors (Lipinski definition) is 5. The third-order valence-electron chi connectivity index (χ3n) is 2.49. The summed E-state index contributed by atoms with van der Waals surface area (Å²) in [6.07, 6.45) is 0. The second kappa shape index (κ2) is 7.38. The van der Waals surface area contributed by atoms with Gasteiger partial charge in [0, 0.05) is 11.6 Å². The van der Waals surface area contributed by atoms with E-state index in [1.807, 2.05) is 0 Å². The van der Waals surface area contributed by atoms with Crippen LogP contribution in [0.25, 0.3) is 11.4 Å². The fraction of sp³-hybridized carbons (Fsp3) is 0.214. The molecular weight excluding hydrogens is 334 g/mol. The lowest BCUT2D eigenvalue weighted by molar-refractivity contribution is -0.145. The first-order valence-corrected chi connectivity index (χ1v) is 7.03. The number of carbonyl (C=O) groups is 1. The Balaban J connectivity index is 2.22. The highest BCUT2D eigenvalue weighted by molar-refractivity contribution is 6.30. The highest BCUT2D eigenvalue weighted by atomic mass is 35.5. The summed E-state index contributed by atoms with van der Waals surface area (Å²) in [6, 6.07) is 5.46. The predicted molar refractivity (Wildman–Crippen MR) is 79.6 cm³/mol. The standard InChI is InChI=1S/C14H11Cl2FN2O3/c1-2-21-13(20)7-22-12-6-11(16)18-14(19-12)8-3-4-9(15)10(17)5-8/h3-6H,2,7H2,1H3. The van der Waals surface area contributed by atoms with Crippen LogP contribution in [0.5, 0.6) is 5.88 Å². The lowest BCUT2D eigenvalue weighted by Gasteiger charge is -2.07. The van der Waals surface area contributed by atoms with Crippen LogP contribution < -0.4 is 4.74 Å². The van der Waals surface area contributed by atoms with E-state index in [4.69, 9.17) is 32.7 Å². The summed E-state index contributed by atoms with van der Waals surface area (Å²) in [5, 5.41) is 0.0868. The molecule has 0 fully saturated rings. The number of carbonyl (C=O) groups excluding carboxylic acids is 1. The normalized spacial score (nSPS) is 10.4. The lowest BCUT2D eigenvalue weighted by Crippen LogP contribution is -2.15. The third-order valence-corrected chi connectivity index (χ3v) is 2.99. The predicted octanol–water partition coefficient (Wildman–Crippen LogP) is 3.53. The van der Waals surface area contributed by atoms with Crippen LogP contribution in [0.4, 0.5) is 4.39 Å². The average Bonchev–Trinajstić information content (AvgIpc) is 2.48. The molecule has 8 heteroatoms. The Hall–Kier alpha value is -1.92. The Labute approximate surface area is 136 Å². The van der Waals surface area contributed by atoms with E-state index in [9.17, 15) is 9.18 Å². The molecule has 0 aliphatic carbocycles. The van der Waals surface area contributed by atoms with Crippen molar-refractivity contribution in [3.63, 3.8) is 0 Å². The Bertz CT molecular complexity index is 698. The van der Waals surface area contributed by atoms with Crippen molar-refractivity contribution >= 4 is 29.2 Å². The fourth-order valence-electron chi connectivity index (χ4n) is 1.57. The molecule has 0 N–H and O–H groups in total. The van der Waals surface area contributed by atoms with Gasteiger partial charge in [0.25, 0.3) is 0 Å². The van der Waals surface area contributed by atoms with E-state index in [2.05, 4.69) is 9.97 Å². The molecule has 116 valence electrons. The van der Waals surface area contributed by atoms with Gasteiger partial charge in [0.1, 0.15) is 11.0 Å². The summed E-state index contributed by atoms with van der Waals surface area (Å²) in [5.74, 6) is -0.895. The number of ether oxygens (including phenoxy) is 2. The van der Waals surface area contributed by atoms with Gasteiger partial charge in [-0.25, -0.2) is 14.2 Å². The lowest BCUT2D eigenvalue weighted by atomic mass is 10.2. The van der Waals surface area contributed by atoms with Gasteiger partial charge in [-0.1, -0.05) is 23.2 Å². The van der Waals surface area contributed by atoms with Gasteiger partial charge >= 0.3 is 5.97 Å². The molecule has 0 spiro atoms. The van der Waals surface area contributed by atoms with Gasteiger partial charge < -0.3 is 9.47 Å². The zero-order valence-corrected chi connectivity index (χ0v) is 13.0. The van der Waals surface area contributed by atoms with Crippen molar-refractivity contribution in [1.29, 1.82) is 0 Å². The number of hydrogen-bond donors (Lipinski definition) is 0. The summed E-state index contributed by atoms with van der Waals surface area (Å²) in [4.78, 5) is 19.3. The summed E-state index contributed by atoms with van der Waals surface area (Å²) in [7, 11) is 0. The van der Waals surface area contributed by atoms with Gasteiger partial charge in [0.05, 0.1) is 11.6 Å². The van der Waals surface area contributed by atoms with Gasteiger partial charge in [-0.2, -0.15) is 4.98 Å². The van der Waals surface area contributed by atoms with Gasteiger partial charge in [0.15, 0.2) is 12.4 Å². The molecule has 5 nitrogen and oxygen atoms in total. The van der Waals surface area contributed by atoms with E-state index >= 15 is 0 Å². The fourth-order valence-corrected chi connectivity index (χ4v) is 1.86. The Morgan fingerprint density at radius 3 is 2.73 bits per heavy atom. The van der Waals surface area contributed by atoms with Crippen molar-refractivity contribution in [3.05, 3.63) is 40.3 Å². The van der Waals surface area contributed by atoms with Gasteiger partial charge in [-0.15, -0.1) is 0 Å². The Kier molecular flexibility index (Phi) is 5.51. The topological polar surface area (TPSA) is 61.3 Å². The number of esters is 1. The minimum absolute atomic E-state index is 0.00966. The molecule has 22 heavy (non-hydrogen) atoms. The molecule has 1 heterocycles. The maximum Gasteiger partial charge on any atom is 0.344 e. The Morgan fingerprint density at radius 1 is 1.27 bits per heavy atom. The number of halogens is 3. The average molecular weight is 345 g/mol. The molecule has 0 amide bonds. The molecular formula is C14H11Cl2FN2O3. The van der Waals surface area contributed by atoms with Crippen LogP contribution in [-0.2, 0) is 9.53 Å². The number of rotatable bonds is 5. The van der Waals surface area contributed by atoms with E-state index in [-0.39, 0.29) is 35.1 Å². The molecule has 1 aromatic carbocycles. The van der Waals surface area contributed by atoms with E-state index in [0.717, 1.165) is 0 Å². The summed E-state index contributed by atoms with van der Waals surface area (Å²) in [5.41, 5.74) is 0.380. The van der Waals surface area contributed by atoms with Crippen molar-refractivity contribution in [1.82, 2.24) is 9.97 Å². The van der Waals surface area contributed by atoms with Gasteiger partial charge in [-0.3, -0.25) is 0 Å². The van der Waals surface area contributed by atoms with Gasteiger partial charge in [0.2, 0.25) is 5.88 Å². The summed E-state index contributed by atoms with van der Waals surface area (Å²) < 4.78 is 23.4. The third kappa shape index (κ3) is 4.29. The van der Waals surface area contributed by atoms with Crippen LogP contribution in [-0.4, -0.2) is 29.2 Å².